The van der Waals surface area contributed by atoms with Crippen molar-refractivity contribution in [3.63, 3.8) is 0 Å². The number of hydrogen-bond donors (Lipinski definition) is 1. The van der Waals surface area contributed by atoms with Crippen molar-refractivity contribution in [3.05, 3.63) is 11.3 Å². The Morgan fingerprint density at radius 1 is 1.56 bits per heavy atom. The van der Waals surface area contributed by atoms with Crippen molar-refractivity contribution in [1.82, 2.24) is 9.78 Å². The zero-order valence-corrected chi connectivity index (χ0v) is 10.7. The van der Waals surface area contributed by atoms with Gasteiger partial charge in [-0.05, 0) is 32.6 Å². The Balaban J connectivity index is 2.30. The van der Waals surface area contributed by atoms with E-state index in [1.165, 1.54) is 24.2 Å². The van der Waals surface area contributed by atoms with Crippen LogP contribution >= 0.6 is 0 Å². The molecule has 0 amide bonds. The zero-order chi connectivity index (χ0) is 11.9. The summed E-state index contributed by atoms with van der Waals surface area (Å²) < 4.78 is 1.95. The number of aryl methyl sites for hydroxylation is 2. The molecule has 0 spiro atoms. The second-order valence-electron chi connectivity index (χ2n) is 4.90. The van der Waals surface area contributed by atoms with Crippen LogP contribution in [0.4, 0.5) is 5.82 Å². The standard InChI is InChI=1S/C12H22N4/c1-8-11(7-13)12(16(4)14-8)15(3)9(2)10-5-6-10/h9-10H,5-7,13H2,1-4H3. The molecule has 2 N–H and O–H groups in total. The van der Waals surface area contributed by atoms with Crippen molar-refractivity contribution in [2.75, 3.05) is 11.9 Å². The minimum Gasteiger partial charge on any atom is -0.357 e. The Morgan fingerprint density at radius 2 is 2.19 bits per heavy atom. The third kappa shape index (κ3) is 1.82. The van der Waals surface area contributed by atoms with Crippen LogP contribution in [0.3, 0.4) is 0 Å². The van der Waals surface area contributed by atoms with Gasteiger partial charge in [-0.25, -0.2) is 0 Å². The van der Waals surface area contributed by atoms with Gasteiger partial charge in [0.05, 0.1) is 5.69 Å². The van der Waals surface area contributed by atoms with Crippen molar-refractivity contribution < 1.29 is 0 Å². The lowest BCUT2D eigenvalue weighted by atomic mass is 10.1. The van der Waals surface area contributed by atoms with Gasteiger partial charge in [0.1, 0.15) is 5.82 Å². The van der Waals surface area contributed by atoms with Gasteiger partial charge in [-0.1, -0.05) is 0 Å². The van der Waals surface area contributed by atoms with Crippen LogP contribution in [0.1, 0.15) is 31.0 Å². The summed E-state index contributed by atoms with van der Waals surface area (Å²) in [5.41, 5.74) is 8.04. The first-order valence-electron chi connectivity index (χ1n) is 6.01. The molecule has 0 saturated heterocycles. The van der Waals surface area contributed by atoms with Crippen molar-refractivity contribution in [1.29, 1.82) is 0 Å². The lowest BCUT2D eigenvalue weighted by molar-refractivity contribution is 0.585. The molecule has 4 heteroatoms. The SMILES string of the molecule is Cc1nn(C)c(N(C)C(C)C2CC2)c1CN. The number of nitrogens with zero attached hydrogens (tertiary/aromatic N) is 3. The highest BCUT2D eigenvalue weighted by Crippen LogP contribution is 2.37. The monoisotopic (exact) mass is 222 g/mol. The molecule has 4 nitrogen and oxygen atoms in total. The smallest absolute Gasteiger partial charge is 0.131 e. The molecule has 0 bridgehead atoms. The number of nitrogens with two attached hydrogens (primary N) is 1. The van der Waals surface area contributed by atoms with Crippen molar-refractivity contribution in [2.24, 2.45) is 18.7 Å². The normalized spacial score (nSPS) is 17.6. The quantitative estimate of drug-likeness (QED) is 0.838. The third-order valence-corrected chi connectivity index (χ3v) is 3.77. The molecular weight excluding hydrogens is 200 g/mol. The van der Waals surface area contributed by atoms with E-state index in [9.17, 15) is 0 Å². The first kappa shape index (κ1) is 11.5. The first-order valence-corrected chi connectivity index (χ1v) is 6.01. The molecule has 90 valence electrons. The average molecular weight is 222 g/mol. The van der Waals surface area contributed by atoms with Gasteiger partial charge < -0.3 is 10.6 Å². The van der Waals surface area contributed by atoms with Gasteiger partial charge in [0, 0.05) is 32.2 Å². The van der Waals surface area contributed by atoms with E-state index in [0.717, 1.165) is 11.6 Å². The summed E-state index contributed by atoms with van der Waals surface area (Å²) in [5, 5.41) is 4.46. The molecule has 1 fully saturated rings. The Morgan fingerprint density at radius 3 is 2.69 bits per heavy atom. The summed E-state index contributed by atoms with van der Waals surface area (Å²) in [4.78, 5) is 2.33. The van der Waals surface area contributed by atoms with Crippen LogP contribution in [0.25, 0.3) is 0 Å². The number of rotatable bonds is 4. The highest BCUT2D eigenvalue weighted by molar-refractivity contribution is 5.50. The maximum atomic E-state index is 5.81. The van der Waals surface area contributed by atoms with Crippen molar-refractivity contribution in [3.8, 4) is 0 Å². The predicted octanol–water partition coefficient (Wildman–Crippen LogP) is 1.42. The summed E-state index contributed by atoms with van der Waals surface area (Å²) >= 11 is 0. The molecule has 1 saturated carbocycles. The molecule has 1 heterocycles. The number of anilines is 1. The van der Waals surface area contributed by atoms with Crippen molar-refractivity contribution >= 4 is 5.82 Å². The summed E-state index contributed by atoms with van der Waals surface area (Å²) in [6, 6.07) is 0.583. The van der Waals surface area contributed by atoms with Gasteiger partial charge in [-0.2, -0.15) is 5.10 Å². The van der Waals surface area contributed by atoms with E-state index in [1.54, 1.807) is 0 Å². The summed E-state index contributed by atoms with van der Waals surface area (Å²) in [7, 11) is 4.15. The summed E-state index contributed by atoms with van der Waals surface area (Å²) in [6.45, 7) is 4.89. The van der Waals surface area contributed by atoms with Gasteiger partial charge in [0.25, 0.3) is 0 Å². The van der Waals surface area contributed by atoms with Crippen LogP contribution in [0.5, 0.6) is 0 Å². The maximum absolute atomic E-state index is 5.81. The fourth-order valence-corrected chi connectivity index (χ4v) is 2.46. The number of aromatic nitrogens is 2. The molecule has 0 aliphatic heterocycles. The Bertz CT molecular complexity index is 379. The molecule has 0 aromatic carbocycles. The maximum Gasteiger partial charge on any atom is 0.131 e. The molecule has 16 heavy (non-hydrogen) atoms. The molecule has 1 aliphatic carbocycles. The zero-order valence-electron chi connectivity index (χ0n) is 10.7. The van der Waals surface area contributed by atoms with Gasteiger partial charge in [0.15, 0.2) is 0 Å². The van der Waals surface area contributed by atoms with Gasteiger partial charge in [-0.3, -0.25) is 4.68 Å². The van der Waals surface area contributed by atoms with Crippen molar-refractivity contribution in [2.45, 2.75) is 39.3 Å². The van der Waals surface area contributed by atoms with Crippen LogP contribution in [0, 0.1) is 12.8 Å². The molecule has 1 unspecified atom stereocenters. The lowest BCUT2D eigenvalue weighted by Crippen LogP contribution is -2.33. The number of hydrogen-bond acceptors (Lipinski definition) is 3. The van der Waals surface area contributed by atoms with E-state index in [2.05, 4.69) is 24.0 Å². The molecule has 1 aromatic rings. The topological polar surface area (TPSA) is 47.1 Å². The molecule has 0 radical (unpaired) electrons. The van der Waals surface area contributed by atoms with E-state index in [-0.39, 0.29) is 0 Å². The average Bonchev–Trinajstić information content (AvgIpc) is 3.03. The minimum atomic E-state index is 0.566. The molecule has 1 aromatic heterocycles. The highest BCUT2D eigenvalue weighted by Gasteiger charge is 2.32. The van der Waals surface area contributed by atoms with E-state index in [4.69, 9.17) is 5.73 Å². The molecule has 1 aliphatic rings. The van der Waals surface area contributed by atoms with Gasteiger partial charge >= 0.3 is 0 Å². The largest absolute Gasteiger partial charge is 0.357 e. The lowest BCUT2D eigenvalue weighted by Gasteiger charge is -2.27. The summed E-state index contributed by atoms with van der Waals surface area (Å²) in [5.74, 6) is 2.03. The first-order chi connectivity index (χ1) is 7.56. The van der Waals surface area contributed by atoms with Crippen LogP contribution in [-0.4, -0.2) is 22.9 Å². The predicted molar refractivity (Wildman–Crippen MR) is 66.4 cm³/mol. The van der Waals surface area contributed by atoms with Crippen LogP contribution in [0.2, 0.25) is 0 Å². The fraction of sp³-hybridized carbons (Fsp3) is 0.750. The Kier molecular flexibility index (Phi) is 2.93. The highest BCUT2D eigenvalue weighted by atomic mass is 15.4. The van der Waals surface area contributed by atoms with E-state index >= 15 is 0 Å². The fourth-order valence-electron chi connectivity index (χ4n) is 2.46. The minimum absolute atomic E-state index is 0.566. The van der Waals surface area contributed by atoms with E-state index in [1.807, 2.05) is 18.7 Å². The van der Waals surface area contributed by atoms with E-state index in [0.29, 0.717) is 12.6 Å². The van der Waals surface area contributed by atoms with Gasteiger partial charge in [0.2, 0.25) is 0 Å². The van der Waals surface area contributed by atoms with Crippen LogP contribution < -0.4 is 10.6 Å². The second-order valence-corrected chi connectivity index (χ2v) is 4.90. The third-order valence-electron chi connectivity index (χ3n) is 3.77. The summed E-state index contributed by atoms with van der Waals surface area (Å²) in [6.07, 6.45) is 2.72. The molecule has 1 atom stereocenters. The van der Waals surface area contributed by atoms with Crippen LogP contribution in [-0.2, 0) is 13.6 Å². The Hall–Kier alpha value is -1.03. The van der Waals surface area contributed by atoms with E-state index < -0.39 is 0 Å². The van der Waals surface area contributed by atoms with Crippen LogP contribution in [0.15, 0.2) is 0 Å². The molecular formula is C12H22N4. The second kappa shape index (κ2) is 4.09. The molecule has 2 rings (SSSR count). The Labute approximate surface area is 97.4 Å². The van der Waals surface area contributed by atoms with Gasteiger partial charge in [-0.15, -0.1) is 0 Å².